The quantitative estimate of drug-likeness (QED) is 0.649. The largest absolute Gasteiger partial charge is 0.310 e. The zero-order chi connectivity index (χ0) is 22.3. The average Bonchev–Trinajstić information content (AvgIpc) is 3.17. The molecule has 2 aromatic heterocycles. The number of aromatic amines is 1. The summed E-state index contributed by atoms with van der Waals surface area (Å²) in [7, 11) is -3.58. The van der Waals surface area contributed by atoms with Gasteiger partial charge in [-0.05, 0) is 44.7 Å². The van der Waals surface area contributed by atoms with Crippen molar-refractivity contribution < 1.29 is 8.42 Å². The molecule has 0 radical (unpaired) electrons. The van der Waals surface area contributed by atoms with Crippen molar-refractivity contribution in [2.45, 2.75) is 68.7 Å². The summed E-state index contributed by atoms with van der Waals surface area (Å²) in [5, 5.41) is 5.23. The van der Waals surface area contributed by atoms with Gasteiger partial charge in [-0.1, -0.05) is 37.5 Å². The minimum atomic E-state index is -3.58. The standard InChI is InChI=1S/C23H29N5O3S/c1-16-20-22(28(26-16)18-10-4-2-5-11-18)24-21(25-23(20)29)17-9-8-14-27(15-17)32(30,31)19-12-6-3-7-13-19/h3,6-7,12-13,17-18H,2,4-5,8-11,14-15H2,1H3,(H,24,25,29). The number of rotatable bonds is 4. The molecular weight excluding hydrogens is 426 g/mol. The maximum absolute atomic E-state index is 13.1. The minimum Gasteiger partial charge on any atom is -0.310 e. The molecule has 5 rings (SSSR count). The van der Waals surface area contributed by atoms with Gasteiger partial charge in [0.2, 0.25) is 10.0 Å². The third-order valence-electron chi connectivity index (χ3n) is 6.83. The van der Waals surface area contributed by atoms with Gasteiger partial charge in [-0.2, -0.15) is 9.40 Å². The van der Waals surface area contributed by atoms with E-state index in [1.807, 2.05) is 11.6 Å². The monoisotopic (exact) mass is 455 g/mol. The fourth-order valence-corrected chi connectivity index (χ4v) is 6.67. The Kier molecular flexibility index (Phi) is 5.63. The molecule has 1 N–H and O–H groups in total. The molecule has 1 saturated heterocycles. The van der Waals surface area contributed by atoms with Crippen LogP contribution in [0.2, 0.25) is 0 Å². The lowest BCUT2D eigenvalue weighted by Gasteiger charge is -2.31. The average molecular weight is 456 g/mol. The Balaban J connectivity index is 1.50. The van der Waals surface area contributed by atoms with E-state index in [0.717, 1.165) is 38.5 Å². The van der Waals surface area contributed by atoms with Crippen LogP contribution in [0.5, 0.6) is 0 Å². The van der Waals surface area contributed by atoms with Crippen molar-refractivity contribution in [1.82, 2.24) is 24.1 Å². The molecule has 1 aliphatic heterocycles. The molecule has 1 saturated carbocycles. The second-order valence-corrected chi connectivity index (χ2v) is 10.9. The van der Waals surface area contributed by atoms with Crippen molar-refractivity contribution in [2.24, 2.45) is 0 Å². The van der Waals surface area contributed by atoms with Gasteiger partial charge in [-0.15, -0.1) is 0 Å². The summed E-state index contributed by atoms with van der Waals surface area (Å²) >= 11 is 0. The first kappa shape index (κ1) is 21.3. The maximum Gasteiger partial charge on any atom is 0.262 e. The van der Waals surface area contributed by atoms with Crippen LogP contribution in [0.1, 0.15) is 68.4 Å². The zero-order valence-corrected chi connectivity index (χ0v) is 19.1. The summed E-state index contributed by atoms with van der Waals surface area (Å²) in [6.07, 6.45) is 7.16. The first-order valence-electron chi connectivity index (χ1n) is 11.5. The number of aromatic nitrogens is 4. The Morgan fingerprint density at radius 2 is 1.78 bits per heavy atom. The number of hydrogen-bond donors (Lipinski definition) is 1. The second kappa shape index (κ2) is 8.44. The van der Waals surface area contributed by atoms with Gasteiger partial charge in [0.15, 0.2) is 5.65 Å². The van der Waals surface area contributed by atoms with Crippen molar-refractivity contribution in [3.63, 3.8) is 0 Å². The lowest BCUT2D eigenvalue weighted by atomic mass is 9.95. The highest BCUT2D eigenvalue weighted by Gasteiger charge is 2.32. The van der Waals surface area contributed by atoms with E-state index in [9.17, 15) is 13.2 Å². The van der Waals surface area contributed by atoms with E-state index < -0.39 is 10.0 Å². The number of fused-ring (bicyclic) bond motifs is 1. The summed E-state index contributed by atoms with van der Waals surface area (Å²) in [4.78, 5) is 21.1. The van der Waals surface area contributed by atoms with Crippen LogP contribution in [0.15, 0.2) is 40.0 Å². The van der Waals surface area contributed by atoms with Crippen molar-refractivity contribution in [1.29, 1.82) is 0 Å². The molecule has 3 heterocycles. The molecule has 8 nitrogen and oxygen atoms in total. The Morgan fingerprint density at radius 1 is 1.03 bits per heavy atom. The fraction of sp³-hybridized carbons (Fsp3) is 0.522. The number of piperidine rings is 1. The third kappa shape index (κ3) is 3.77. The topological polar surface area (TPSA) is 101 Å². The summed E-state index contributed by atoms with van der Waals surface area (Å²) in [6.45, 7) is 2.63. The summed E-state index contributed by atoms with van der Waals surface area (Å²) in [6, 6.07) is 8.78. The van der Waals surface area contributed by atoms with Crippen LogP contribution in [0.3, 0.4) is 0 Å². The van der Waals surface area contributed by atoms with E-state index in [1.165, 1.54) is 10.7 Å². The summed E-state index contributed by atoms with van der Waals surface area (Å²) < 4.78 is 29.7. The van der Waals surface area contributed by atoms with Crippen molar-refractivity contribution >= 4 is 21.1 Å². The zero-order valence-electron chi connectivity index (χ0n) is 18.3. The molecule has 2 fully saturated rings. The maximum atomic E-state index is 13.1. The van der Waals surface area contributed by atoms with Gasteiger partial charge < -0.3 is 4.98 Å². The molecule has 1 atom stereocenters. The Morgan fingerprint density at radius 3 is 2.53 bits per heavy atom. The number of benzene rings is 1. The van der Waals surface area contributed by atoms with Crippen LogP contribution in [0, 0.1) is 6.92 Å². The van der Waals surface area contributed by atoms with Crippen LogP contribution in [-0.4, -0.2) is 45.6 Å². The normalized spacial score (nSPS) is 21.2. The minimum absolute atomic E-state index is 0.158. The molecule has 9 heteroatoms. The van der Waals surface area contributed by atoms with E-state index >= 15 is 0 Å². The molecule has 3 aromatic rings. The number of hydrogen-bond acceptors (Lipinski definition) is 5. The number of aryl methyl sites for hydroxylation is 1. The van der Waals surface area contributed by atoms with Crippen LogP contribution in [0.25, 0.3) is 11.0 Å². The molecule has 1 aliphatic carbocycles. The molecule has 0 amide bonds. The number of nitrogens with zero attached hydrogens (tertiary/aromatic N) is 4. The van der Waals surface area contributed by atoms with E-state index in [1.54, 1.807) is 30.3 Å². The van der Waals surface area contributed by atoms with Crippen LogP contribution >= 0.6 is 0 Å². The lowest BCUT2D eigenvalue weighted by Crippen LogP contribution is -2.39. The van der Waals surface area contributed by atoms with Crippen LogP contribution < -0.4 is 5.56 Å². The molecule has 0 spiro atoms. The van der Waals surface area contributed by atoms with Gasteiger partial charge in [0.25, 0.3) is 5.56 Å². The van der Waals surface area contributed by atoms with Crippen molar-refractivity contribution in [3.8, 4) is 0 Å². The van der Waals surface area contributed by atoms with Gasteiger partial charge in [0.05, 0.1) is 16.6 Å². The Hall–Kier alpha value is -2.52. The van der Waals surface area contributed by atoms with E-state index in [0.29, 0.717) is 40.5 Å². The van der Waals surface area contributed by atoms with Crippen molar-refractivity contribution in [2.75, 3.05) is 13.1 Å². The molecule has 1 unspecified atom stereocenters. The number of nitrogens with one attached hydrogen (secondary N) is 1. The first-order chi connectivity index (χ1) is 15.4. The predicted octanol–water partition coefficient (Wildman–Crippen LogP) is 3.50. The Labute approximate surface area is 187 Å². The highest BCUT2D eigenvalue weighted by molar-refractivity contribution is 7.89. The molecule has 0 bridgehead atoms. The van der Waals surface area contributed by atoms with E-state index in [2.05, 4.69) is 10.1 Å². The SMILES string of the molecule is Cc1nn(C2CCCCC2)c2nc(C3CCCN(S(=O)(=O)c4ccccc4)C3)[nH]c(=O)c12. The molecular formula is C23H29N5O3S. The smallest absolute Gasteiger partial charge is 0.262 e. The Bertz CT molecular complexity index is 1280. The van der Waals surface area contributed by atoms with Gasteiger partial charge in [0, 0.05) is 19.0 Å². The van der Waals surface area contributed by atoms with Gasteiger partial charge in [0.1, 0.15) is 11.2 Å². The third-order valence-corrected chi connectivity index (χ3v) is 8.71. The fourth-order valence-electron chi connectivity index (χ4n) is 5.13. The summed E-state index contributed by atoms with van der Waals surface area (Å²) in [5.74, 6) is 0.404. The van der Waals surface area contributed by atoms with E-state index in [-0.39, 0.29) is 17.5 Å². The van der Waals surface area contributed by atoms with Gasteiger partial charge >= 0.3 is 0 Å². The molecule has 2 aliphatic rings. The number of sulfonamides is 1. The highest BCUT2D eigenvalue weighted by Crippen LogP contribution is 2.32. The number of H-pyrrole nitrogens is 1. The second-order valence-electron chi connectivity index (χ2n) is 8.99. The molecule has 170 valence electrons. The van der Waals surface area contributed by atoms with Crippen LogP contribution in [0.4, 0.5) is 0 Å². The summed E-state index contributed by atoms with van der Waals surface area (Å²) in [5.41, 5.74) is 1.14. The van der Waals surface area contributed by atoms with Crippen LogP contribution in [-0.2, 0) is 10.0 Å². The van der Waals surface area contributed by atoms with Gasteiger partial charge in [-0.3, -0.25) is 4.79 Å². The predicted molar refractivity (Wildman–Crippen MR) is 122 cm³/mol. The highest BCUT2D eigenvalue weighted by atomic mass is 32.2. The van der Waals surface area contributed by atoms with Gasteiger partial charge in [-0.25, -0.2) is 18.1 Å². The molecule has 32 heavy (non-hydrogen) atoms. The van der Waals surface area contributed by atoms with Crippen molar-refractivity contribution in [3.05, 3.63) is 52.2 Å². The van der Waals surface area contributed by atoms with E-state index in [4.69, 9.17) is 4.98 Å². The first-order valence-corrected chi connectivity index (χ1v) is 12.9. The molecule has 1 aromatic carbocycles. The lowest BCUT2D eigenvalue weighted by molar-refractivity contribution is 0.308.